The van der Waals surface area contributed by atoms with Crippen LogP contribution >= 0.6 is 11.3 Å². The average Bonchev–Trinajstić information content (AvgIpc) is 3.20. The highest BCUT2D eigenvalue weighted by Crippen LogP contribution is 2.39. The van der Waals surface area contributed by atoms with Crippen LogP contribution in [0.4, 0.5) is 0 Å². The average molecular weight is 307 g/mol. The summed E-state index contributed by atoms with van der Waals surface area (Å²) >= 11 is 1.94. The minimum Gasteiger partial charge on any atom is -0.311 e. The third-order valence-electron chi connectivity index (χ3n) is 5.22. The summed E-state index contributed by atoms with van der Waals surface area (Å²) < 4.78 is 0. The van der Waals surface area contributed by atoms with Gasteiger partial charge in [0.15, 0.2) is 0 Å². The molecular formula is C18H30N2S. The van der Waals surface area contributed by atoms with E-state index in [0.717, 1.165) is 17.9 Å². The molecule has 118 valence electrons. The Morgan fingerprint density at radius 3 is 2.76 bits per heavy atom. The number of thiophene rings is 1. The van der Waals surface area contributed by atoms with Gasteiger partial charge in [-0.3, -0.25) is 4.90 Å². The summed E-state index contributed by atoms with van der Waals surface area (Å²) in [6, 6.07) is 6.60. The van der Waals surface area contributed by atoms with Gasteiger partial charge in [-0.2, -0.15) is 0 Å². The Bertz CT molecular complexity index is 424. The second-order valence-electron chi connectivity index (χ2n) is 7.18. The van der Waals surface area contributed by atoms with E-state index in [-0.39, 0.29) is 0 Å². The molecular weight excluding hydrogens is 276 g/mol. The molecule has 2 fully saturated rings. The van der Waals surface area contributed by atoms with Gasteiger partial charge in [0, 0.05) is 36.1 Å². The van der Waals surface area contributed by atoms with E-state index in [1.165, 1.54) is 38.8 Å². The van der Waals surface area contributed by atoms with Crippen LogP contribution in [0.3, 0.4) is 0 Å². The van der Waals surface area contributed by atoms with Crippen molar-refractivity contribution in [2.75, 3.05) is 13.1 Å². The SMILES string of the molecule is CCCC(c1cccs1)N1CC(C2CC2)NCC1C(C)C. The minimum atomic E-state index is 0.630. The molecule has 1 aromatic heterocycles. The number of hydrogen-bond donors (Lipinski definition) is 1. The zero-order valence-electron chi connectivity index (χ0n) is 13.7. The predicted octanol–water partition coefficient (Wildman–Crippen LogP) is 4.30. The zero-order valence-corrected chi connectivity index (χ0v) is 14.5. The molecule has 21 heavy (non-hydrogen) atoms. The maximum atomic E-state index is 3.85. The van der Waals surface area contributed by atoms with Gasteiger partial charge in [-0.05, 0) is 42.5 Å². The summed E-state index contributed by atoms with van der Waals surface area (Å²) in [6.45, 7) is 9.51. The molecule has 1 N–H and O–H groups in total. The van der Waals surface area contributed by atoms with Crippen LogP contribution in [0.1, 0.15) is 57.4 Å². The molecule has 0 bridgehead atoms. The molecule has 0 radical (unpaired) electrons. The monoisotopic (exact) mass is 306 g/mol. The quantitative estimate of drug-likeness (QED) is 0.843. The van der Waals surface area contributed by atoms with Crippen LogP contribution in [0.15, 0.2) is 17.5 Å². The lowest BCUT2D eigenvalue weighted by atomic mass is 9.93. The standard InChI is InChI=1S/C18H30N2S/c1-4-6-16(18-7-5-10-21-18)20-12-15(14-8-9-14)19-11-17(20)13(2)3/h5,7,10,13-17,19H,4,6,8-9,11-12H2,1-3H3. The molecule has 1 saturated carbocycles. The fraction of sp³-hybridized carbons (Fsp3) is 0.778. The Hall–Kier alpha value is -0.380. The Morgan fingerprint density at radius 2 is 2.19 bits per heavy atom. The predicted molar refractivity (Wildman–Crippen MR) is 91.8 cm³/mol. The molecule has 0 spiro atoms. The van der Waals surface area contributed by atoms with Crippen LogP contribution < -0.4 is 5.32 Å². The van der Waals surface area contributed by atoms with Gasteiger partial charge in [0.25, 0.3) is 0 Å². The van der Waals surface area contributed by atoms with Crippen LogP contribution in [-0.2, 0) is 0 Å². The number of nitrogens with one attached hydrogen (secondary N) is 1. The highest BCUT2D eigenvalue weighted by Gasteiger charge is 2.40. The Labute approximate surface area is 133 Å². The molecule has 1 aliphatic heterocycles. The van der Waals surface area contributed by atoms with Crippen LogP contribution in [0.25, 0.3) is 0 Å². The van der Waals surface area contributed by atoms with Gasteiger partial charge >= 0.3 is 0 Å². The zero-order chi connectivity index (χ0) is 14.8. The highest BCUT2D eigenvalue weighted by molar-refractivity contribution is 7.10. The van der Waals surface area contributed by atoms with Gasteiger partial charge in [-0.15, -0.1) is 11.3 Å². The van der Waals surface area contributed by atoms with Crippen molar-refractivity contribution in [2.45, 2.75) is 64.6 Å². The number of rotatable bonds is 6. The van der Waals surface area contributed by atoms with Crippen LogP contribution in [0.2, 0.25) is 0 Å². The van der Waals surface area contributed by atoms with E-state index in [0.29, 0.717) is 12.1 Å². The third kappa shape index (κ3) is 3.52. The third-order valence-corrected chi connectivity index (χ3v) is 6.19. The molecule has 2 nitrogen and oxygen atoms in total. The van der Waals surface area contributed by atoms with Crippen LogP contribution in [0, 0.1) is 11.8 Å². The van der Waals surface area contributed by atoms with Crippen molar-refractivity contribution in [3.05, 3.63) is 22.4 Å². The molecule has 0 amide bonds. The Kier molecular flexibility index (Phi) is 5.03. The van der Waals surface area contributed by atoms with Gasteiger partial charge in [-0.25, -0.2) is 0 Å². The first kappa shape index (κ1) is 15.5. The molecule has 3 unspecified atom stereocenters. The summed E-state index contributed by atoms with van der Waals surface area (Å²) in [4.78, 5) is 4.42. The van der Waals surface area contributed by atoms with Crippen molar-refractivity contribution in [1.29, 1.82) is 0 Å². The molecule has 2 aliphatic rings. The normalized spacial score (nSPS) is 29.0. The van der Waals surface area contributed by atoms with Gasteiger partial charge < -0.3 is 5.32 Å². The van der Waals surface area contributed by atoms with Crippen molar-refractivity contribution in [1.82, 2.24) is 10.2 Å². The van der Waals surface area contributed by atoms with Crippen LogP contribution in [-0.4, -0.2) is 30.1 Å². The first-order chi connectivity index (χ1) is 10.2. The summed E-state index contributed by atoms with van der Waals surface area (Å²) in [6.07, 6.45) is 5.44. The maximum Gasteiger partial charge on any atom is 0.0445 e. The lowest BCUT2D eigenvalue weighted by Gasteiger charge is -2.46. The lowest BCUT2D eigenvalue weighted by molar-refractivity contribution is 0.0473. The smallest absolute Gasteiger partial charge is 0.0445 e. The molecule has 0 aromatic carbocycles. The Morgan fingerprint density at radius 1 is 1.38 bits per heavy atom. The van der Waals surface area contributed by atoms with Crippen molar-refractivity contribution in [3.63, 3.8) is 0 Å². The fourth-order valence-electron chi connectivity index (χ4n) is 3.83. The summed E-state index contributed by atoms with van der Waals surface area (Å²) in [5.74, 6) is 1.67. The van der Waals surface area contributed by atoms with E-state index in [9.17, 15) is 0 Å². The largest absolute Gasteiger partial charge is 0.311 e. The van der Waals surface area contributed by atoms with Gasteiger partial charge in [0.05, 0.1) is 0 Å². The molecule has 1 saturated heterocycles. The molecule has 3 rings (SSSR count). The second kappa shape index (κ2) is 6.80. The van der Waals surface area contributed by atoms with E-state index in [4.69, 9.17) is 0 Å². The minimum absolute atomic E-state index is 0.630. The molecule has 1 aromatic rings. The van der Waals surface area contributed by atoms with E-state index in [1.54, 1.807) is 4.88 Å². The number of piperazine rings is 1. The van der Waals surface area contributed by atoms with Crippen molar-refractivity contribution in [3.8, 4) is 0 Å². The fourth-order valence-corrected chi connectivity index (χ4v) is 4.72. The van der Waals surface area contributed by atoms with Crippen molar-refractivity contribution in [2.24, 2.45) is 11.8 Å². The lowest BCUT2D eigenvalue weighted by Crippen LogP contribution is -2.59. The first-order valence-electron chi connectivity index (χ1n) is 8.73. The highest BCUT2D eigenvalue weighted by atomic mass is 32.1. The van der Waals surface area contributed by atoms with Gasteiger partial charge in [0.2, 0.25) is 0 Å². The molecule has 3 heteroatoms. The van der Waals surface area contributed by atoms with E-state index in [2.05, 4.69) is 48.5 Å². The molecule has 1 aliphatic carbocycles. The van der Waals surface area contributed by atoms with Crippen molar-refractivity contribution >= 4 is 11.3 Å². The molecule has 2 heterocycles. The topological polar surface area (TPSA) is 15.3 Å². The first-order valence-corrected chi connectivity index (χ1v) is 9.61. The summed E-state index contributed by atoms with van der Waals surface area (Å²) in [5, 5.41) is 6.09. The summed E-state index contributed by atoms with van der Waals surface area (Å²) in [5.41, 5.74) is 0. The summed E-state index contributed by atoms with van der Waals surface area (Å²) in [7, 11) is 0. The maximum absolute atomic E-state index is 3.85. The number of nitrogens with zero attached hydrogens (tertiary/aromatic N) is 1. The molecule has 3 atom stereocenters. The van der Waals surface area contributed by atoms with Gasteiger partial charge in [-0.1, -0.05) is 33.3 Å². The van der Waals surface area contributed by atoms with Crippen LogP contribution in [0.5, 0.6) is 0 Å². The number of hydrogen-bond acceptors (Lipinski definition) is 3. The van der Waals surface area contributed by atoms with E-state index in [1.807, 2.05) is 11.3 Å². The van der Waals surface area contributed by atoms with Crippen molar-refractivity contribution < 1.29 is 0 Å². The second-order valence-corrected chi connectivity index (χ2v) is 8.16. The van der Waals surface area contributed by atoms with Gasteiger partial charge in [0.1, 0.15) is 0 Å². The van der Waals surface area contributed by atoms with E-state index >= 15 is 0 Å². The van der Waals surface area contributed by atoms with E-state index < -0.39 is 0 Å². The Balaban J connectivity index is 1.81.